The first kappa shape index (κ1) is 9.80. The Morgan fingerprint density at radius 2 is 2.46 bits per heavy atom. The van der Waals surface area contributed by atoms with E-state index in [1.807, 2.05) is 0 Å². The highest BCUT2D eigenvalue weighted by molar-refractivity contribution is 6.30. The van der Waals surface area contributed by atoms with Gasteiger partial charge in [-0.15, -0.1) is 0 Å². The molecular weight excluding hydrogens is 194 g/mol. The third-order valence-electron chi connectivity index (χ3n) is 1.49. The van der Waals surface area contributed by atoms with Gasteiger partial charge in [0, 0.05) is 11.8 Å². The molecular formula is C8H8ClNO3. The van der Waals surface area contributed by atoms with Gasteiger partial charge in [0.1, 0.15) is 0 Å². The largest absolute Gasteiger partial charge is 0.493 e. The Morgan fingerprint density at radius 1 is 1.77 bits per heavy atom. The van der Waals surface area contributed by atoms with Gasteiger partial charge < -0.3 is 9.84 Å². The zero-order chi connectivity index (χ0) is 9.84. The number of halogens is 1. The molecule has 1 N–H and O–H groups in total. The number of hydrogen-bond acceptors (Lipinski definition) is 3. The lowest BCUT2D eigenvalue weighted by molar-refractivity contribution is -0.136. The van der Waals surface area contributed by atoms with Gasteiger partial charge >= 0.3 is 5.97 Å². The van der Waals surface area contributed by atoms with E-state index < -0.39 is 5.97 Å². The van der Waals surface area contributed by atoms with Crippen molar-refractivity contribution in [2.24, 2.45) is 0 Å². The van der Waals surface area contributed by atoms with E-state index in [-0.39, 0.29) is 11.6 Å². The Balaban J connectivity index is 3.05. The number of aromatic nitrogens is 1. The van der Waals surface area contributed by atoms with Gasteiger partial charge in [-0.25, -0.2) is 4.98 Å². The monoisotopic (exact) mass is 201 g/mol. The highest BCUT2D eigenvalue weighted by Crippen LogP contribution is 2.26. The van der Waals surface area contributed by atoms with E-state index in [2.05, 4.69) is 4.98 Å². The number of pyridine rings is 1. The molecule has 0 unspecified atom stereocenters. The van der Waals surface area contributed by atoms with Crippen LogP contribution in [0.4, 0.5) is 0 Å². The first-order valence-electron chi connectivity index (χ1n) is 3.54. The molecule has 0 saturated heterocycles. The van der Waals surface area contributed by atoms with Crippen molar-refractivity contribution >= 4 is 17.6 Å². The van der Waals surface area contributed by atoms with E-state index in [9.17, 15) is 4.79 Å². The van der Waals surface area contributed by atoms with Gasteiger partial charge in [0.25, 0.3) is 0 Å². The summed E-state index contributed by atoms with van der Waals surface area (Å²) in [6.45, 7) is 0. The molecule has 13 heavy (non-hydrogen) atoms. The molecule has 0 saturated carbocycles. The van der Waals surface area contributed by atoms with E-state index >= 15 is 0 Å². The van der Waals surface area contributed by atoms with Crippen LogP contribution in [0, 0.1) is 0 Å². The van der Waals surface area contributed by atoms with Gasteiger partial charge in [0.15, 0.2) is 10.9 Å². The third kappa shape index (κ3) is 2.32. The van der Waals surface area contributed by atoms with Crippen molar-refractivity contribution in [1.29, 1.82) is 0 Å². The number of nitrogens with zero attached hydrogens (tertiary/aromatic N) is 1. The van der Waals surface area contributed by atoms with Crippen LogP contribution in [0.2, 0.25) is 5.15 Å². The Labute approximate surface area is 80.1 Å². The molecule has 5 heteroatoms. The van der Waals surface area contributed by atoms with Gasteiger partial charge in [-0.2, -0.15) is 0 Å². The maximum Gasteiger partial charge on any atom is 0.307 e. The number of methoxy groups -OCH3 is 1. The average Bonchev–Trinajstić information content (AvgIpc) is 2.03. The number of carboxylic acid groups (broad SMARTS) is 1. The van der Waals surface area contributed by atoms with E-state index in [0.29, 0.717) is 11.3 Å². The summed E-state index contributed by atoms with van der Waals surface area (Å²) in [6.07, 6.45) is 1.33. The highest BCUT2D eigenvalue weighted by atomic mass is 35.5. The van der Waals surface area contributed by atoms with Crippen molar-refractivity contribution in [2.45, 2.75) is 6.42 Å². The molecule has 0 aromatic carbocycles. The van der Waals surface area contributed by atoms with Crippen LogP contribution in [0.1, 0.15) is 5.56 Å². The van der Waals surface area contributed by atoms with Crippen molar-refractivity contribution < 1.29 is 14.6 Å². The topological polar surface area (TPSA) is 59.4 Å². The second-order valence-corrected chi connectivity index (χ2v) is 2.72. The SMILES string of the molecule is COc1c(CC(=O)O)ccnc1Cl. The fourth-order valence-electron chi connectivity index (χ4n) is 0.977. The van der Waals surface area contributed by atoms with Crippen LogP contribution in [0.3, 0.4) is 0 Å². The number of aliphatic carboxylic acids is 1. The lowest BCUT2D eigenvalue weighted by Crippen LogP contribution is -2.03. The third-order valence-corrected chi connectivity index (χ3v) is 1.76. The van der Waals surface area contributed by atoms with Crippen molar-refractivity contribution in [3.63, 3.8) is 0 Å². The Hall–Kier alpha value is -1.29. The van der Waals surface area contributed by atoms with Crippen LogP contribution < -0.4 is 4.74 Å². The van der Waals surface area contributed by atoms with Crippen molar-refractivity contribution in [3.05, 3.63) is 23.0 Å². The lowest BCUT2D eigenvalue weighted by Gasteiger charge is -2.06. The first-order valence-corrected chi connectivity index (χ1v) is 3.92. The van der Waals surface area contributed by atoms with Crippen molar-refractivity contribution in [1.82, 2.24) is 4.98 Å². The average molecular weight is 202 g/mol. The number of rotatable bonds is 3. The van der Waals surface area contributed by atoms with E-state index in [0.717, 1.165) is 0 Å². The first-order chi connectivity index (χ1) is 6.15. The fraction of sp³-hybridized carbons (Fsp3) is 0.250. The Kier molecular flexibility index (Phi) is 3.08. The molecule has 0 radical (unpaired) electrons. The molecule has 0 aliphatic carbocycles. The molecule has 1 aromatic heterocycles. The summed E-state index contributed by atoms with van der Waals surface area (Å²) < 4.78 is 4.92. The zero-order valence-electron chi connectivity index (χ0n) is 6.95. The molecule has 0 aliphatic heterocycles. The Morgan fingerprint density at radius 3 is 3.00 bits per heavy atom. The zero-order valence-corrected chi connectivity index (χ0v) is 7.71. The normalized spacial score (nSPS) is 9.69. The van der Waals surface area contributed by atoms with Crippen LogP contribution in [-0.2, 0) is 11.2 Å². The number of carboxylic acids is 1. The molecule has 0 spiro atoms. The Bertz CT molecular complexity index is 327. The minimum Gasteiger partial charge on any atom is -0.493 e. The van der Waals surface area contributed by atoms with Crippen LogP contribution in [0.25, 0.3) is 0 Å². The molecule has 0 aliphatic rings. The number of ether oxygens (including phenoxy) is 1. The number of carbonyl (C=O) groups is 1. The number of hydrogen-bond donors (Lipinski definition) is 1. The van der Waals surface area contributed by atoms with Crippen LogP contribution in [0.15, 0.2) is 12.3 Å². The van der Waals surface area contributed by atoms with Gasteiger partial charge in [0.2, 0.25) is 0 Å². The van der Waals surface area contributed by atoms with Gasteiger partial charge in [0.05, 0.1) is 13.5 Å². The summed E-state index contributed by atoms with van der Waals surface area (Å²) in [4.78, 5) is 14.2. The molecule has 4 nitrogen and oxygen atoms in total. The van der Waals surface area contributed by atoms with Gasteiger partial charge in [-0.3, -0.25) is 4.79 Å². The summed E-state index contributed by atoms with van der Waals surface area (Å²) in [6, 6.07) is 1.57. The minimum atomic E-state index is -0.930. The molecule has 70 valence electrons. The van der Waals surface area contributed by atoms with Crippen LogP contribution in [0.5, 0.6) is 5.75 Å². The van der Waals surface area contributed by atoms with Crippen molar-refractivity contribution in [3.8, 4) is 5.75 Å². The minimum absolute atomic E-state index is 0.120. The highest BCUT2D eigenvalue weighted by Gasteiger charge is 2.10. The second kappa shape index (κ2) is 4.09. The summed E-state index contributed by atoms with van der Waals surface area (Å²) >= 11 is 5.68. The summed E-state index contributed by atoms with van der Waals surface area (Å²) in [5.74, 6) is -0.605. The second-order valence-electron chi connectivity index (χ2n) is 2.36. The predicted molar refractivity (Wildman–Crippen MR) is 47.1 cm³/mol. The molecule has 0 fully saturated rings. The summed E-state index contributed by atoms with van der Waals surface area (Å²) in [5, 5.41) is 8.74. The molecule has 0 bridgehead atoms. The molecule has 1 heterocycles. The summed E-state index contributed by atoms with van der Waals surface area (Å²) in [5.41, 5.74) is 0.523. The molecule has 1 aromatic rings. The maximum absolute atomic E-state index is 10.4. The van der Waals surface area contributed by atoms with Crippen LogP contribution >= 0.6 is 11.6 Å². The van der Waals surface area contributed by atoms with Crippen LogP contribution in [-0.4, -0.2) is 23.2 Å². The van der Waals surface area contributed by atoms with E-state index in [1.165, 1.54) is 13.3 Å². The standard InChI is InChI=1S/C8H8ClNO3/c1-13-7-5(4-6(11)12)2-3-10-8(7)9/h2-3H,4H2,1H3,(H,11,12). The van der Waals surface area contributed by atoms with E-state index in [1.54, 1.807) is 6.07 Å². The molecule has 0 atom stereocenters. The van der Waals surface area contributed by atoms with E-state index in [4.69, 9.17) is 21.4 Å². The van der Waals surface area contributed by atoms with Crippen molar-refractivity contribution in [2.75, 3.05) is 7.11 Å². The van der Waals surface area contributed by atoms with Gasteiger partial charge in [-0.1, -0.05) is 11.6 Å². The van der Waals surface area contributed by atoms with Gasteiger partial charge in [-0.05, 0) is 6.07 Å². The predicted octanol–water partition coefficient (Wildman–Crippen LogP) is 1.37. The smallest absolute Gasteiger partial charge is 0.307 e. The molecule has 0 amide bonds. The lowest BCUT2D eigenvalue weighted by atomic mass is 10.2. The summed E-state index contributed by atoms with van der Waals surface area (Å²) in [7, 11) is 1.42. The fourth-order valence-corrected chi connectivity index (χ4v) is 1.23. The molecule has 1 rings (SSSR count). The maximum atomic E-state index is 10.4. The quantitative estimate of drug-likeness (QED) is 0.751.